The molecular formula is C13H17N5O2S2. The van der Waals surface area contributed by atoms with Gasteiger partial charge < -0.3 is 4.90 Å². The molecule has 0 saturated carbocycles. The van der Waals surface area contributed by atoms with Crippen LogP contribution in [0.15, 0.2) is 6.33 Å². The lowest BCUT2D eigenvalue weighted by Crippen LogP contribution is -2.58. The van der Waals surface area contributed by atoms with Crippen LogP contribution in [0.3, 0.4) is 0 Å². The van der Waals surface area contributed by atoms with Gasteiger partial charge in [0, 0.05) is 24.6 Å². The number of aromatic nitrogens is 3. The van der Waals surface area contributed by atoms with E-state index >= 15 is 0 Å². The topological polar surface area (TPSA) is 71.3 Å². The maximum atomic E-state index is 13.0. The normalized spacial score (nSPS) is 31.1. The first-order valence-electron chi connectivity index (χ1n) is 7.33. The molecule has 0 bridgehead atoms. The van der Waals surface area contributed by atoms with Gasteiger partial charge in [-0.05, 0) is 13.3 Å². The molecule has 4 rings (SSSR count). The molecule has 118 valence electrons. The molecule has 0 aliphatic carbocycles. The highest BCUT2D eigenvalue weighted by Gasteiger charge is 2.52. The van der Waals surface area contributed by atoms with Gasteiger partial charge in [-0.3, -0.25) is 14.5 Å². The third kappa shape index (κ3) is 2.05. The molecule has 4 heterocycles. The number of aryl methyl sites for hydroxylation is 1. The number of carbonyl (C=O) groups is 2. The van der Waals surface area contributed by atoms with Crippen LogP contribution in [0, 0.1) is 0 Å². The Morgan fingerprint density at radius 1 is 1.45 bits per heavy atom. The predicted octanol–water partition coefficient (Wildman–Crippen LogP) is 0.422. The van der Waals surface area contributed by atoms with Gasteiger partial charge in [0.15, 0.2) is 0 Å². The van der Waals surface area contributed by atoms with Gasteiger partial charge in [0.25, 0.3) is 5.91 Å². The van der Waals surface area contributed by atoms with Crippen LogP contribution in [0.5, 0.6) is 0 Å². The summed E-state index contributed by atoms with van der Waals surface area (Å²) in [6.07, 6.45) is 2.35. The van der Waals surface area contributed by atoms with Crippen LogP contribution in [0.1, 0.15) is 13.3 Å². The fourth-order valence-electron chi connectivity index (χ4n) is 3.35. The second-order valence-electron chi connectivity index (χ2n) is 5.88. The van der Waals surface area contributed by atoms with Crippen LogP contribution in [0.25, 0.3) is 0 Å². The van der Waals surface area contributed by atoms with Crippen molar-refractivity contribution in [3.63, 3.8) is 0 Å². The molecule has 1 aromatic rings. The Kier molecular flexibility index (Phi) is 3.37. The van der Waals surface area contributed by atoms with E-state index in [-0.39, 0.29) is 22.7 Å². The van der Waals surface area contributed by atoms with Gasteiger partial charge in [0.1, 0.15) is 12.4 Å². The van der Waals surface area contributed by atoms with Crippen molar-refractivity contribution in [1.29, 1.82) is 0 Å². The largest absolute Gasteiger partial charge is 0.314 e. The molecule has 0 aromatic carbocycles. The maximum Gasteiger partial charge on any atom is 0.253 e. The summed E-state index contributed by atoms with van der Waals surface area (Å²) >= 11 is 3.36. The van der Waals surface area contributed by atoms with E-state index in [1.165, 1.54) is 6.33 Å². The molecule has 0 N–H and O–H groups in total. The molecule has 7 nitrogen and oxygen atoms in total. The van der Waals surface area contributed by atoms with E-state index < -0.39 is 0 Å². The van der Waals surface area contributed by atoms with E-state index in [0.29, 0.717) is 24.0 Å². The quantitative estimate of drug-likeness (QED) is 0.739. The lowest BCUT2D eigenvalue weighted by atomic mass is 10.1. The molecule has 22 heavy (non-hydrogen) atoms. The van der Waals surface area contributed by atoms with Gasteiger partial charge in [0.05, 0.1) is 10.6 Å². The molecule has 2 atom stereocenters. The van der Waals surface area contributed by atoms with E-state index in [9.17, 15) is 9.59 Å². The highest BCUT2D eigenvalue weighted by molar-refractivity contribution is 8.04. The molecule has 2 saturated heterocycles. The number of rotatable bonds is 1. The average Bonchev–Trinajstić information content (AvgIpc) is 3.10. The van der Waals surface area contributed by atoms with Crippen LogP contribution in [0.4, 0.5) is 5.95 Å². The van der Waals surface area contributed by atoms with Gasteiger partial charge in [-0.25, -0.2) is 4.68 Å². The lowest BCUT2D eigenvalue weighted by Gasteiger charge is -2.41. The number of nitrogens with zero attached hydrogens (tertiary/aromatic N) is 5. The van der Waals surface area contributed by atoms with Crippen molar-refractivity contribution < 1.29 is 9.59 Å². The number of hydrogen-bond acceptors (Lipinski definition) is 6. The Bertz CT molecular complexity index is 636. The van der Waals surface area contributed by atoms with Gasteiger partial charge in [-0.1, -0.05) is 0 Å². The van der Waals surface area contributed by atoms with E-state index in [2.05, 4.69) is 17.0 Å². The zero-order valence-electron chi connectivity index (χ0n) is 12.3. The molecule has 2 amide bonds. The minimum Gasteiger partial charge on any atom is -0.314 e. The summed E-state index contributed by atoms with van der Waals surface area (Å²) < 4.78 is 1.76. The van der Waals surface area contributed by atoms with Gasteiger partial charge in [-0.2, -0.15) is 10.1 Å². The minimum atomic E-state index is -0.383. The standard InChI is InChI=1S/C13H17N5O2S2/c1-13-7-21-6-10(19)18(13)9(5-22-13)11(20)16-3-2-4-17-12(16)14-8-15-17/h8-9H,2-7H2,1H3/t9-,13+/m1/s1. The Morgan fingerprint density at radius 3 is 3.18 bits per heavy atom. The number of hydrogen-bond donors (Lipinski definition) is 0. The summed E-state index contributed by atoms with van der Waals surface area (Å²) in [6, 6.07) is -0.383. The van der Waals surface area contributed by atoms with E-state index in [4.69, 9.17) is 0 Å². The summed E-state index contributed by atoms with van der Waals surface area (Å²) in [5, 5.41) is 4.15. The highest BCUT2D eigenvalue weighted by atomic mass is 32.2. The first-order valence-corrected chi connectivity index (χ1v) is 9.47. The van der Waals surface area contributed by atoms with E-state index in [0.717, 1.165) is 18.7 Å². The van der Waals surface area contributed by atoms with Crippen molar-refractivity contribution in [1.82, 2.24) is 19.7 Å². The number of carbonyl (C=O) groups excluding carboxylic acids is 2. The number of thioether (sulfide) groups is 2. The van der Waals surface area contributed by atoms with Crippen molar-refractivity contribution in [2.24, 2.45) is 0 Å². The van der Waals surface area contributed by atoms with Crippen molar-refractivity contribution in [2.75, 3.05) is 28.7 Å². The first-order chi connectivity index (χ1) is 10.6. The monoisotopic (exact) mass is 339 g/mol. The molecule has 0 unspecified atom stereocenters. The second-order valence-corrected chi connectivity index (χ2v) is 8.37. The third-order valence-corrected chi connectivity index (χ3v) is 7.22. The Labute approximate surface area is 136 Å². The fraction of sp³-hybridized carbons (Fsp3) is 0.692. The van der Waals surface area contributed by atoms with E-state index in [1.807, 2.05) is 4.90 Å². The molecule has 0 spiro atoms. The fourth-order valence-corrected chi connectivity index (χ4v) is 6.05. The van der Waals surface area contributed by atoms with Gasteiger partial charge in [0.2, 0.25) is 11.9 Å². The number of anilines is 1. The average molecular weight is 339 g/mol. The van der Waals surface area contributed by atoms with Crippen molar-refractivity contribution in [3.05, 3.63) is 6.33 Å². The zero-order chi connectivity index (χ0) is 15.3. The summed E-state index contributed by atoms with van der Waals surface area (Å²) in [6.45, 7) is 3.50. The summed E-state index contributed by atoms with van der Waals surface area (Å²) in [5.74, 6) is 2.66. The van der Waals surface area contributed by atoms with Crippen LogP contribution in [-0.2, 0) is 16.1 Å². The smallest absolute Gasteiger partial charge is 0.253 e. The summed E-state index contributed by atoms with van der Waals surface area (Å²) in [7, 11) is 0. The minimum absolute atomic E-state index is 0.0228. The van der Waals surface area contributed by atoms with Crippen molar-refractivity contribution >= 4 is 41.3 Å². The number of amides is 2. The zero-order valence-corrected chi connectivity index (χ0v) is 13.9. The second kappa shape index (κ2) is 5.16. The van der Waals surface area contributed by atoms with Crippen LogP contribution < -0.4 is 4.90 Å². The van der Waals surface area contributed by atoms with E-state index in [1.54, 1.807) is 33.1 Å². The summed E-state index contributed by atoms with van der Waals surface area (Å²) in [5.41, 5.74) is 0. The van der Waals surface area contributed by atoms with Crippen molar-refractivity contribution in [2.45, 2.75) is 30.8 Å². The van der Waals surface area contributed by atoms with Gasteiger partial charge in [-0.15, -0.1) is 23.5 Å². The first kappa shape index (κ1) is 14.4. The molecule has 9 heteroatoms. The molecule has 0 radical (unpaired) electrons. The Hall–Kier alpha value is -1.22. The van der Waals surface area contributed by atoms with Crippen LogP contribution in [0.2, 0.25) is 0 Å². The van der Waals surface area contributed by atoms with Crippen molar-refractivity contribution in [3.8, 4) is 0 Å². The van der Waals surface area contributed by atoms with Gasteiger partial charge >= 0.3 is 0 Å². The third-order valence-electron chi connectivity index (χ3n) is 4.38. The van der Waals surface area contributed by atoms with Crippen LogP contribution >= 0.6 is 23.5 Å². The SMILES string of the molecule is C[C@]12CSCC(=O)N1[C@@H](C(=O)N1CCCn3ncnc31)CS2. The Morgan fingerprint density at radius 2 is 2.32 bits per heavy atom. The Balaban J connectivity index is 1.63. The predicted molar refractivity (Wildman–Crippen MR) is 85.8 cm³/mol. The molecule has 3 aliphatic rings. The maximum absolute atomic E-state index is 13.0. The molecule has 2 fully saturated rings. The molecule has 1 aromatic heterocycles. The molecular weight excluding hydrogens is 322 g/mol. The van der Waals surface area contributed by atoms with Crippen LogP contribution in [-0.4, -0.2) is 66.2 Å². The highest BCUT2D eigenvalue weighted by Crippen LogP contribution is 2.45. The summed E-state index contributed by atoms with van der Waals surface area (Å²) in [4.78, 5) is 32.9. The number of fused-ring (bicyclic) bond motifs is 2. The molecule has 3 aliphatic heterocycles. The lowest BCUT2D eigenvalue weighted by molar-refractivity contribution is -0.139.